The average molecular weight is 539 g/mol. The van der Waals surface area contributed by atoms with Crippen molar-refractivity contribution in [1.82, 2.24) is 0 Å². The number of benzene rings is 2. The first-order valence-corrected chi connectivity index (χ1v) is 9.01. The molecular weight excluding hydrogens is 530 g/mol. The minimum atomic E-state index is -4.84. The zero-order chi connectivity index (χ0) is 24.9. The number of fused-ring (bicyclic) bond motifs is 1. The van der Waals surface area contributed by atoms with Gasteiger partial charge in [-0.3, -0.25) is 9.59 Å². The van der Waals surface area contributed by atoms with E-state index in [4.69, 9.17) is 0 Å². The molecule has 0 atom stereocenters. The van der Waals surface area contributed by atoms with Crippen molar-refractivity contribution in [3.05, 3.63) is 69.2 Å². The Balaban J connectivity index is 0.000000228. The van der Waals surface area contributed by atoms with Gasteiger partial charge in [-0.2, -0.15) is 35.1 Å². The van der Waals surface area contributed by atoms with E-state index in [-0.39, 0.29) is 0 Å². The fourth-order valence-electron chi connectivity index (χ4n) is 2.59. The van der Waals surface area contributed by atoms with Gasteiger partial charge in [0.1, 0.15) is 11.6 Å². The molecule has 0 aromatic heterocycles. The van der Waals surface area contributed by atoms with Crippen LogP contribution in [-0.2, 0) is 16.6 Å². The molecule has 0 radical (unpaired) electrons. The smallest absolute Gasteiger partial charge is 0.293 e. The molecule has 0 heterocycles. The van der Waals surface area contributed by atoms with Crippen LogP contribution in [0.3, 0.4) is 0 Å². The number of ketones is 2. The van der Waals surface area contributed by atoms with Crippen LogP contribution in [0.1, 0.15) is 28.4 Å². The predicted octanol–water partition coefficient (Wildman–Crippen LogP) is 6.65. The largest absolute Gasteiger partial charge is 0.376 e. The summed E-state index contributed by atoms with van der Waals surface area (Å²) in [5.41, 5.74) is -3.22. The summed E-state index contributed by atoms with van der Waals surface area (Å²) in [5.74, 6) is -24.8. The number of alkyl halides is 8. The van der Waals surface area contributed by atoms with Gasteiger partial charge < -0.3 is 0 Å². The van der Waals surface area contributed by atoms with Crippen LogP contribution in [0.5, 0.6) is 0 Å². The lowest BCUT2D eigenvalue weighted by atomic mass is 10.00. The maximum Gasteiger partial charge on any atom is 0.376 e. The topological polar surface area (TPSA) is 34.1 Å². The number of hydrogen-bond donors (Lipinski definition) is 0. The Morgan fingerprint density at radius 2 is 1.38 bits per heavy atom. The molecule has 0 amide bonds. The number of halogens is 11. The van der Waals surface area contributed by atoms with Crippen molar-refractivity contribution >= 4 is 27.5 Å². The second-order valence-electron chi connectivity index (χ2n) is 6.50. The summed E-state index contributed by atoms with van der Waals surface area (Å²) in [4.78, 5) is 21.4. The van der Waals surface area contributed by atoms with Crippen molar-refractivity contribution in [1.29, 1.82) is 0 Å². The minimum absolute atomic E-state index is 0.366. The summed E-state index contributed by atoms with van der Waals surface area (Å²) >= 11 is 2.56. The third kappa shape index (κ3) is 4.02. The van der Waals surface area contributed by atoms with Crippen LogP contribution >= 0.6 is 15.9 Å². The monoisotopic (exact) mass is 538 g/mol. The molecule has 2 nitrogen and oxygen atoms in total. The Hall–Kier alpha value is -2.44. The lowest BCUT2D eigenvalue weighted by molar-refractivity contribution is -0.212. The second kappa shape index (κ2) is 8.16. The van der Waals surface area contributed by atoms with Crippen LogP contribution in [0.4, 0.5) is 43.9 Å². The first-order chi connectivity index (χ1) is 14.4. The van der Waals surface area contributed by atoms with Gasteiger partial charge in [-0.15, -0.1) is 0 Å². The van der Waals surface area contributed by atoms with Crippen LogP contribution < -0.4 is 0 Å². The normalized spacial score (nSPS) is 16.8. The molecular formula is C19H9BrF10O2. The van der Waals surface area contributed by atoms with Gasteiger partial charge in [-0.05, 0) is 36.4 Å². The highest BCUT2D eigenvalue weighted by atomic mass is 79.9. The van der Waals surface area contributed by atoms with E-state index in [0.29, 0.717) is 43.3 Å². The molecule has 0 fully saturated rings. The molecule has 2 aromatic carbocycles. The average Bonchev–Trinajstić information content (AvgIpc) is 2.78. The van der Waals surface area contributed by atoms with Gasteiger partial charge in [0.2, 0.25) is 11.6 Å². The van der Waals surface area contributed by atoms with Crippen molar-refractivity contribution < 1.29 is 53.5 Å². The Bertz CT molecular complexity index is 1080. The van der Waals surface area contributed by atoms with Gasteiger partial charge in [0.15, 0.2) is 0 Å². The molecule has 1 aliphatic carbocycles. The molecule has 0 N–H and O–H groups in total. The molecule has 0 aliphatic heterocycles. The Morgan fingerprint density at radius 1 is 0.875 bits per heavy atom. The van der Waals surface area contributed by atoms with Gasteiger partial charge in [0, 0.05) is 28.1 Å². The van der Waals surface area contributed by atoms with E-state index in [9.17, 15) is 53.5 Å². The summed E-state index contributed by atoms with van der Waals surface area (Å²) in [6, 6.07) is 3.26. The van der Waals surface area contributed by atoms with Crippen molar-refractivity contribution in [3.63, 3.8) is 0 Å². The molecule has 0 spiro atoms. The van der Waals surface area contributed by atoms with Crippen LogP contribution in [0, 0.1) is 11.6 Å². The van der Waals surface area contributed by atoms with Crippen molar-refractivity contribution in [2.24, 2.45) is 0 Å². The quantitative estimate of drug-likeness (QED) is 0.410. The SMILES string of the molecule is CC(=O)C(F)(F)C(F)(F)c1ccc(F)cc1Br.O=C1c2cc(F)ccc2C(F)(F)C1(F)F. The fourth-order valence-corrected chi connectivity index (χ4v) is 3.19. The first-order valence-electron chi connectivity index (χ1n) is 8.21. The molecule has 0 bridgehead atoms. The maximum absolute atomic E-state index is 13.5. The number of carbonyl (C=O) groups excluding carboxylic acids is 2. The van der Waals surface area contributed by atoms with Crippen LogP contribution in [0.15, 0.2) is 40.9 Å². The maximum atomic E-state index is 13.5. The minimum Gasteiger partial charge on any atom is -0.293 e. The molecule has 1 aliphatic rings. The molecule has 0 unspecified atom stereocenters. The second-order valence-corrected chi connectivity index (χ2v) is 7.35. The number of rotatable bonds is 3. The Morgan fingerprint density at radius 3 is 1.88 bits per heavy atom. The van der Waals surface area contributed by atoms with E-state index >= 15 is 0 Å². The molecule has 0 saturated carbocycles. The van der Waals surface area contributed by atoms with Crippen molar-refractivity contribution in [2.75, 3.05) is 0 Å². The number of Topliss-reactive ketones (excluding diaryl/α,β-unsaturated/α-hetero) is 2. The highest BCUT2D eigenvalue weighted by molar-refractivity contribution is 9.10. The lowest BCUT2D eigenvalue weighted by Crippen LogP contribution is -2.44. The van der Waals surface area contributed by atoms with Gasteiger partial charge in [-0.25, -0.2) is 8.78 Å². The molecule has 2 aromatic rings. The number of hydrogen-bond acceptors (Lipinski definition) is 2. The Labute approximate surface area is 181 Å². The lowest BCUT2D eigenvalue weighted by Gasteiger charge is -2.25. The third-order valence-electron chi connectivity index (χ3n) is 4.35. The van der Waals surface area contributed by atoms with Gasteiger partial charge in [0.05, 0.1) is 0 Å². The Kier molecular flexibility index (Phi) is 6.58. The molecule has 0 saturated heterocycles. The molecule has 3 rings (SSSR count). The third-order valence-corrected chi connectivity index (χ3v) is 5.01. The van der Waals surface area contributed by atoms with E-state index in [1.807, 2.05) is 0 Å². The summed E-state index contributed by atoms with van der Waals surface area (Å²) in [6.07, 6.45) is 0. The molecule has 174 valence electrons. The van der Waals surface area contributed by atoms with Gasteiger partial charge >= 0.3 is 23.7 Å². The van der Waals surface area contributed by atoms with Crippen molar-refractivity contribution in [3.8, 4) is 0 Å². The van der Waals surface area contributed by atoms with Crippen LogP contribution in [0.2, 0.25) is 0 Å². The molecule has 32 heavy (non-hydrogen) atoms. The first kappa shape index (κ1) is 25.8. The highest BCUT2D eigenvalue weighted by Crippen LogP contribution is 2.51. The zero-order valence-corrected chi connectivity index (χ0v) is 17.0. The summed E-state index contributed by atoms with van der Waals surface area (Å²) in [5, 5.41) is 0. The van der Waals surface area contributed by atoms with E-state index in [1.54, 1.807) is 0 Å². The van der Waals surface area contributed by atoms with Crippen molar-refractivity contribution in [2.45, 2.75) is 30.6 Å². The van der Waals surface area contributed by atoms with Gasteiger partial charge in [-0.1, -0.05) is 15.9 Å². The van der Waals surface area contributed by atoms with E-state index < -0.39 is 68.1 Å². The molecule has 13 heteroatoms. The fraction of sp³-hybridized carbons (Fsp3) is 0.263. The number of carbonyl (C=O) groups is 2. The van der Waals surface area contributed by atoms with Gasteiger partial charge in [0.25, 0.3) is 0 Å². The standard InChI is InChI=1S/C10H6BrF5O.C9H3F5O/c1-5(17)9(13,14)10(15,16)7-3-2-6(12)4-8(7)11;10-4-1-2-6-5(3-4)7(15)9(13,14)8(6,11)12/h2-4H,1H3;1-3H. The zero-order valence-electron chi connectivity index (χ0n) is 15.4. The van der Waals surface area contributed by atoms with E-state index in [0.717, 1.165) is 0 Å². The van der Waals surface area contributed by atoms with E-state index in [2.05, 4.69) is 15.9 Å². The summed E-state index contributed by atoms with van der Waals surface area (Å²) in [7, 11) is 0. The summed E-state index contributed by atoms with van der Waals surface area (Å²) < 4.78 is 129. The predicted molar refractivity (Wildman–Crippen MR) is 93.2 cm³/mol. The van der Waals surface area contributed by atoms with Crippen LogP contribution in [0.25, 0.3) is 0 Å². The highest BCUT2D eigenvalue weighted by Gasteiger charge is 2.69. The van der Waals surface area contributed by atoms with E-state index in [1.165, 1.54) is 0 Å². The summed E-state index contributed by atoms with van der Waals surface area (Å²) in [6.45, 7) is 0.366. The van der Waals surface area contributed by atoms with Crippen LogP contribution in [-0.4, -0.2) is 23.4 Å².